The summed E-state index contributed by atoms with van der Waals surface area (Å²) in [5.41, 5.74) is 3.45. The van der Waals surface area contributed by atoms with E-state index in [-0.39, 0.29) is 5.63 Å². The third kappa shape index (κ3) is 2.81. The SMILES string of the molecule is Cc1cccc(Nc2nc(-c3cc4ccccc4oc3=O)cs2)c1. The Balaban J connectivity index is 1.70. The van der Waals surface area contributed by atoms with Gasteiger partial charge >= 0.3 is 5.63 Å². The highest BCUT2D eigenvalue weighted by Crippen LogP contribution is 2.27. The Morgan fingerprint density at radius 3 is 2.83 bits per heavy atom. The third-order valence-electron chi connectivity index (χ3n) is 3.69. The summed E-state index contributed by atoms with van der Waals surface area (Å²) in [5, 5.41) is 6.75. The van der Waals surface area contributed by atoms with E-state index in [1.54, 1.807) is 6.07 Å². The van der Waals surface area contributed by atoms with Crippen LogP contribution in [0.25, 0.3) is 22.2 Å². The summed E-state index contributed by atoms with van der Waals surface area (Å²) in [6, 6.07) is 17.3. The lowest BCUT2D eigenvalue weighted by Gasteiger charge is -2.03. The normalized spacial score (nSPS) is 10.9. The van der Waals surface area contributed by atoms with Crippen molar-refractivity contribution in [3.05, 3.63) is 76.0 Å². The number of benzene rings is 2. The lowest BCUT2D eigenvalue weighted by atomic mass is 10.1. The molecule has 0 amide bonds. The number of thiazole rings is 1. The second kappa shape index (κ2) is 5.94. The van der Waals surface area contributed by atoms with Crippen LogP contribution in [0, 0.1) is 6.92 Å². The third-order valence-corrected chi connectivity index (χ3v) is 4.45. The Bertz CT molecular complexity index is 1080. The molecule has 0 saturated carbocycles. The monoisotopic (exact) mass is 334 g/mol. The van der Waals surface area contributed by atoms with E-state index in [0.29, 0.717) is 16.8 Å². The largest absolute Gasteiger partial charge is 0.422 e. The summed E-state index contributed by atoms with van der Waals surface area (Å²) in [6.07, 6.45) is 0. The van der Waals surface area contributed by atoms with Crippen LogP contribution in [-0.4, -0.2) is 4.98 Å². The maximum Gasteiger partial charge on any atom is 0.345 e. The molecule has 1 N–H and O–H groups in total. The molecule has 2 aromatic carbocycles. The van der Waals surface area contributed by atoms with Gasteiger partial charge in [0.05, 0.1) is 11.3 Å². The van der Waals surface area contributed by atoms with E-state index in [0.717, 1.165) is 16.2 Å². The van der Waals surface area contributed by atoms with Crippen molar-refractivity contribution in [2.24, 2.45) is 0 Å². The lowest BCUT2D eigenvalue weighted by molar-refractivity contribution is 0.563. The predicted octanol–water partition coefficient (Wildman–Crippen LogP) is 4.97. The topological polar surface area (TPSA) is 55.1 Å². The van der Waals surface area contributed by atoms with Crippen LogP contribution in [-0.2, 0) is 0 Å². The minimum Gasteiger partial charge on any atom is -0.422 e. The molecular weight excluding hydrogens is 320 g/mol. The Labute approximate surface area is 142 Å². The van der Waals surface area contributed by atoms with Crippen molar-refractivity contribution >= 4 is 33.1 Å². The number of nitrogens with zero attached hydrogens (tertiary/aromatic N) is 1. The van der Waals surface area contributed by atoms with Gasteiger partial charge < -0.3 is 9.73 Å². The number of nitrogens with one attached hydrogen (secondary N) is 1. The number of aryl methyl sites for hydroxylation is 1. The van der Waals surface area contributed by atoms with Crippen LogP contribution in [0.5, 0.6) is 0 Å². The van der Waals surface area contributed by atoms with Crippen molar-refractivity contribution in [2.45, 2.75) is 6.92 Å². The van der Waals surface area contributed by atoms with Gasteiger partial charge in [0.25, 0.3) is 0 Å². The highest BCUT2D eigenvalue weighted by Gasteiger charge is 2.11. The van der Waals surface area contributed by atoms with E-state index < -0.39 is 0 Å². The number of anilines is 2. The quantitative estimate of drug-likeness (QED) is 0.538. The van der Waals surface area contributed by atoms with Gasteiger partial charge in [0.2, 0.25) is 0 Å². The number of para-hydroxylation sites is 1. The van der Waals surface area contributed by atoms with Crippen LogP contribution in [0.4, 0.5) is 10.8 Å². The van der Waals surface area contributed by atoms with Gasteiger partial charge in [0.15, 0.2) is 5.13 Å². The molecular formula is C19H14N2O2S. The highest BCUT2D eigenvalue weighted by molar-refractivity contribution is 7.14. The van der Waals surface area contributed by atoms with E-state index in [4.69, 9.17) is 4.42 Å². The molecule has 4 nitrogen and oxygen atoms in total. The average molecular weight is 334 g/mol. The van der Waals surface area contributed by atoms with Crippen LogP contribution >= 0.6 is 11.3 Å². The molecule has 0 aliphatic heterocycles. The van der Waals surface area contributed by atoms with Crippen molar-refractivity contribution < 1.29 is 4.42 Å². The minimum absolute atomic E-state index is 0.374. The molecule has 0 saturated heterocycles. The first-order valence-corrected chi connectivity index (χ1v) is 8.39. The van der Waals surface area contributed by atoms with Crippen molar-refractivity contribution in [2.75, 3.05) is 5.32 Å². The zero-order valence-electron chi connectivity index (χ0n) is 12.9. The molecule has 2 heterocycles. The number of fused-ring (bicyclic) bond motifs is 1. The van der Waals surface area contributed by atoms with Gasteiger partial charge in [0.1, 0.15) is 5.58 Å². The molecule has 0 bridgehead atoms. The second-order valence-electron chi connectivity index (χ2n) is 5.52. The van der Waals surface area contributed by atoms with Crippen LogP contribution in [0.1, 0.15) is 5.56 Å². The van der Waals surface area contributed by atoms with Crippen LogP contribution in [0.2, 0.25) is 0 Å². The fraction of sp³-hybridized carbons (Fsp3) is 0.0526. The number of aromatic nitrogens is 1. The van der Waals surface area contributed by atoms with Crippen LogP contribution in [0.3, 0.4) is 0 Å². The zero-order valence-corrected chi connectivity index (χ0v) is 13.8. The molecule has 0 atom stereocenters. The van der Waals surface area contributed by atoms with Gasteiger partial charge in [-0.05, 0) is 36.8 Å². The number of hydrogen-bond acceptors (Lipinski definition) is 5. The Hall–Kier alpha value is -2.92. The van der Waals surface area contributed by atoms with E-state index >= 15 is 0 Å². The van der Waals surface area contributed by atoms with Crippen LogP contribution in [0.15, 0.2) is 69.2 Å². The van der Waals surface area contributed by atoms with E-state index in [1.165, 1.54) is 16.9 Å². The smallest absolute Gasteiger partial charge is 0.345 e. The van der Waals surface area contributed by atoms with Crippen molar-refractivity contribution in [1.82, 2.24) is 4.98 Å². The Morgan fingerprint density at radius 1 is 1.08 bits per heavy atom. The van der Waals surface area contributed by atoms with Gasteiger partial charge in [-0.15, -0.1) is 11.3 Å². The highest BCUT2D eigenvalue weighted by atomic mass is 32.1. The fourth-order valence-electron chi connectivity index (χ4n) is 2.54. The van der Waals surface area contributed by atoms with E-state index in [2.05, 4.69) is 10.3 Å². The Kier molecular flexibility index (Phi) is 3.63. The van der Waals surface area contributed by atoms with Gasteiger partial charge in [-0.2, -0.15) is 0 Å². The second-order valence-corrected chi connectivity index (χ2v) is 6.38. The summed E-state index contributed by atoms with van der Waals surface area (Å²) in [7, 11) is 0. The lowest BCUT2D eigenvalue weighted by Crippen LogP contribution is -2.02. The summed E-state index contributed by atoms with van der Waals surface area (Å²) >= 11 is 1.46. The first-order chi connectivity index (χ1) is 11.7. The van der Waals surface area contributed by atoms with Gasteiger partial charge in [0, 0.05) is 16.5 Å². The molecule has 5 heteroatoms. The number of hydrogen-bond donors (Lipinski definition) is 1. The molecule has 0 spiro atoms. The predicted molar refractivity (Wildman–Crippen MR) is 98.1 cm³/mol. The first kappa shape index (κ1) is 14.7. The molecule has 0 aliphatic carbocycles. The average Bonchev–Trinajstić information content (AvgIpc) is 3.02. The molecule has 2 aromatic heterocycles. The van der Waals surface area contributed by atoms with E-state index in [9.17, 15) is 4.79 Å². The minimum atomic E-state index is -0.374. The first-order valence-electron chi connectivity index (χ1n) is 7.51. The van der Waals surface area contributed by atoms with E-state index in [1.807, 2.05) is 60.8 Å². The molecule has 118 valence electrons. The molecule has 4 aromatic rings. The van der Waals surface area contributed by atoms with Gasteiger partial charge in [-0.1, -0.05) is 30.3 Å². The molecule has 4 rings (SSSR count). The standard InChI is InChI=1S/C19H14N2O2S/c1-12-5-4-7-14(9-12)20-19-21-16(11-24-19)15-10-13-6-2-3-8-17(13)23-18(15)22/h2-11H,1H3,(H,20,21). The molecule has 24 heavy (non-hydrogen) atoms. The zero-order chi connectivity index (χ0) is 16.5. The Morgan fingerprint density at radius 2 is 1.96 bits per heavy atom. The summed E-state index contributed by atoms with van der Waals surface area (Å²) in [5.74, 6) is 0. The van der Waals surface area contributed by atoms with Crippen molar-refractivity contribution in [3.63, 3.8) is 0 Å². The molecule has 0 unspecified atom stereocenters. The summed E-state index contributed by atoms with van der Waals surface area (Å²) < 4.78 is 5.38. The summed E-state index contributed by atoms with van der Waals surface area (Å²) in [6.45, 7) is 2.04. The molecule has 0 radical (unpaired) electrons. The summed E-state index contributed by atoms with van der Waals surface area (Å²) in [4.78, 5) is 16.7. The molecule has 0 aliphatic rings. The van der Waals surface area contributed by atoms with Gasteiger partial charge in [-0.25, -0.2) is 9.78 Å². The van der Waals surface area contributed by atoms with Gasteiger partial charge in [-0.3, -0.25) is 0 Å². The van der Waals surface area contributed by atoms with Crippen LogP contribution < -0.4 is 10.9 Å². The maximum absolute atomic E-state index is 12.2. The fourth-order valence-corrected chi connectivity index (χ4v) is 3.27. The molecule has 0 fully saturated rings. The maximum atomic E-state index is 12.2. The number of rotatable bonds is 3. The van der Waals surface area contributed by atoms with Crippen molar-refractivity contribution in [3.8, 4) is 11.3 Å². The van der Waals surface area contributed by atoms with Crippen molar-refractivity contribution in [1.29, 1.82) is 0 Å².